The van der Waals surface area contributed by atoms with Crippen molar-refractivity contribution in [2.45, 2.75) is 38.3 Å². The van der Waals surface area contributed by atoms with E-state index in [1.165, 1.54) is 7.11 Å². The fourth-order valence-corrected chi connectivity index (χ4v) is 3.78. The average molecular weight is 354 g/mol. The molecule has 1 aliphatic carbocycles. The van der Waals surface area contributed by atoms with Crippen LogP contribution in [0, 0.1) is 0 Å². The van der Waals surface area contributed by atoms with E-state index >= 15 is 0 Å². The number of rotatable bonds is 4. The number of aliphatic hydroxyl groups excluding tert-OH is 1. The van der Waals surface area contributed by atoms with Crippen molar-refractivity contribution in [1.29, 1.82) is 0 Å². The molecule has 136 valence electrons. The van der Waals surface area contributed by atoms with Crippen LogP contribution in [0.3, 0.4) is 0 Å². The first-order chi connectivity index (χ1) is 12.7. The van der Waals surface area contributed by atoms with Gasteiger partial charge in [0.15, 0.2) is 6.29 Å². The van der Waals surface area contributed by atoms with Crippen LogP contribution in [0.25, 0.3) is 11.1 Å². The van der Waals surface area contributed by atoms with Crippen LogP contribution in [0.15, 0.2) is 36.4 Å². The third-order valence-corrected chi connectivity index (χ3v) is 5.07. The quantitative estimate of drug-likeness (QED) is 0.850. The van der Waals surface area contributed by atoms with E-state index in [9.17, 15) is 9.90 Å². The van der Waals surface area contributed by atoms with Crippen molar-refractivity contribution >= 4 is 5.97 Å². The van der Waals surface area contributed by atoms with E-state index in [0.29, 0.717) is 12.2 Å². The summed E-state index contributed by atoms with van der Waals surface area (Å²) < 4.78 is 16.4. The van der Waals surface area contributed by atoms with Gasteiger partial charge in [0.25, 0.3) is 0 Å². The van der Waals surface area contributed by atoms with Gasteiger partial charge in [0.05, 0.1) is 19.3 Å². The monoisotopic (exact) mass is 354 g/mol. The standard InChI is InChI=1S/C21H22O5/c1-24-21(23)13-10-14(12-26-18-8-4-5-9-25-18)19-17(11-13)15-6-2-3-7-16(15)20(19)22/h2-3,6-7,10-11,18,20,22H,4-5,8-9,12H2,1H3. The van der Waals surface area contributed by atoms with Crippen LogP contribution in [0.2, 0.25) is 0 Å². The van der Waals surface area contributed by atoms with Gasteiger partial charge in [-0.3, -0.25) is 0 Å². The van der Waals surface area contributed by atoms with Crippen LogP contribution in [-0.2, 0) is 20.8 Å². The van der Waals surface area contributed by atoms with Gasteiger partial charge in [0.2, 0.25) is 0 Å². The number of benzene rings is 2. The maximum Gasteiger partial charge on any atom is 0.337 e. The van der Waals surface area contributed by atoms with Gasteiger partial charge in [-0.15, -0.1) is 0 Å². The normalized spacial score (nSPS) is 21.2. The van der Waals surface area contributed by atoms with Crippen molar-refractivity contribution in [3.8, 4) is 11.1 Å². The molecule has 26 heavy (non-hydrogen) atoms. The number of fused-ring (bicyclic) bond motifs is 3. The van der Waals surface area contributed by atoms with Crippen molar-refractivity contribution in [2.24, 2.45) is 0 Å². The van der Waals surface area contributed by atoms with Gasteiger partial charge >= 0.3 is 5.97 Å². The second-order valence-corrected chi connectivity index (χ2v) is 6.69. The summed E-state index contributed by atoms with van der Waals surface area (Å²) >= 11 is 0. The minimum atomic E-state index is -0.723. The minimum absolute atomic E-state index is 0.234. The SMILES string of the molecule is COC(=O)c1cc(COC2CCCCO2)c2c(c1)-c1ccccc1C2O. The number of ether oxygens (including phenoxy) is 3. The lowest BCUT2D eigenvalue weighted by Crippen LogP contribution is -2.22. The molecule has 0 aromatic heterocycles. The molecule has 2 atom stereocenters. The van der Waals surface area contributed by atoms with E-state index in [0.717, 1.165) is 47.1 Å². The van der Waals surface area contributed by atoms with Gasteiger partial charge in [-0.2, -0.15) is 0 Å². The Kier molecular flexibility index (Phi) is 4.76. The molecule has 1 fully saturated rings. The fraction of sp³-hybridized carbons (Fsp3) is 0.381. The molecule has 5 heteroatoms. The fourth-order valence-electron chi connectivity index (χ4n) is 3.78. The van der Waals surface area contributed by atoms with Gasteiger partial charge in [-0.1, -0.05) is 24.3 Å². The Morgan fingerprint density at radius 1 is 1.23 bits per heavy atom. The molecule has 1 aliphatic heterocycles. The largest absolute Gasteiger partial charge is 0.465 e. The van der Waals surface area contributed by atoms with Crippen molar-refractivity contribution in [3.05, 3.63) is 58.7 Å². The number of carbonyl (C=O) groups is 1. The number of methoxy groups -OCH3 is 1. The molecule has 0 saturated carbocycles. The summed E-state index contributed by atoms with van der Waals surface area (Å²) in [5.41, 5.74) is 4.70. The predicted octanol–water partition coefficient (Wildman–Crippen LogP) is 3.58. The molecule has 1 saturated heterocycles. The molecule has 1 heterocycles. The highest BCUT2D eigenvalue weighted by molar-refractivity contribution is 5.93. The van der Waals surface area contributed by atoms with E-state index in [-0.39, 0.29) is 12.9 Å². The van der Waals surface area contributed by atoms with Gasteiger partial charge in [-0.05, 0) is 59.2 Å². The zero-order valence-corrected chi connectivity index (χ0v) is 14.7. The number of carbonyl (C=O) groups excluding carboxylic acids is 1. The summed E-state index contributed by atoms with van der Waals surface area (Å²) in [5, 5.41) is 10.8. The van der Waals surface area contributed by atoms with Crippen LogP contribution >= 0.6 is 0 Å². The van der Waals surface area contributed by atoms with Crippen LogP contribution in [0.4, 0.5) is 0 Å². The van der Waals surface area contributed by atoms with Gasteiger partial charge in [0, 0.05) is 6.61 Å². The summed E-state index contributed by atoms with van der Waals surface area (Å²) in [4.78, 5) is 12.1. The second kappa shape index (κ2) is 7.19. The third kappa shape index (κ3) is 3.03. The van der Waals surface area contributed by atoms with Gasteiger partial charge in [-0.25, -0.2) is 4.79 Å². The maximum absolute atomic E-state index is 12.1. The third-order valence-electron chi connectivity index (χ3n) is 5.07. The molecular formula is C21H22O5. The molecule has 2 aromatic carbocycles. The molecule has 0 bridgehead atoms. The summed E-state index contributed by atoms with van der Waals surface area (Å²) in [6.07, 6.45) is 2.04. The summed E-state index contributed by atoms with van der Waals surface area (Å²) in [6, 6.07) is 11.2. The van der Waals surface area contributed by atoms with Crippen LogP contribution in [0.1, 0.15) is 52.4 Å². The van der Waals surface area contributed by atoms with Crippen LogP contribution in [-0.4, -0.2) is 31.1 Å². The second-order valence-electron chi connectivity index (χ2n) is 6.69. The molecule has 0 spiro atoms. The minimum Gasteiger partial charge on any atom is -0.465 e. The average Bonchev–Trinajstić information content (AvgIpc) is 2.99. The van der Waals surface area contributed by atoms with Crippen LogP contribution in [0.5, 0.6) is 0 Å². The van der Waals surface area contributed by atoms with Crippen molar-refractivity contribution < 1.29 is 24.1 Å². The topological polar surface area (TPSA) is 65.0 Å². The lowest BCUT2D eigenvalue weighted by molar-refractivity contribution is -0.169. The van der Waals surface area contributed by atoms with E-state index in [1.807, 2.05) is 24.3 Å². The number of hydrogen-bond acceptors (Lipinski definition) is 5. The predicted molar refractivity (Wildman–Crippen MR) is 95.7 cm³/mol. The highest BCUT2D eigenvalue weighted by Crippen LogP contribution is 2.45. The Hall–Kier alpha value is -2.21. The maximum atomic E-state index is 12.1. The molecule has 4 rings (SSSR count). The molecular weight excluding hydrogens is 332 g/mol. The number of aliphatic hydroxyl groups is 1. The van der Waals surface area contributed by atoms with Gasteiger partial charge in [0.1, 0.15) is 6.10 Å². The Morgan fingerprint density at radius 3 is 2.85 bits per heavy atom. The first kappa shape index (κ1) is 17.2. The number of esters is 1. The zero-order valence-electron chi connectivity index (χ0n) is 14.7. The number of hydrogen-bond donors (Lipinski definition) is 1. The van der Waals surface area contributed by atoms with Crippen molar-refractivity contribution in [1.82, 2.24) is 0 Å². The lowest BCUT2D eigenvalue weighted by atomic mass is 9.97. The summed E-state index contributed by atoms with van der Waals surface area (Å²) in [7, 11) is 1.37. The Labute approximate surface area is 152 Å². The molecule has 2 unspecified atom stereocenters. The van der Waals surface area contributed by atoms with E-state index < -0.39 is 12.1 Å². The lowest BCUT2D eigenvalue weighted by Gasteiger charge is -2.23. The molecule has 0 radical (unpaired) electrons. The molecule has 1 N–H and O–H groups in total. The van der Waals surface area contributed by atoms with E-state index in [2.05, 4.69) is 0 Å². The molecule has 2 aliphatic rings. The Morgan fingerprint density at radius 2 is 2.08 bits per heavy atom. The van der Waals surface area contributed by atoms with Crippen molar-refractivity contribution in [2.75, 3.05) is 13.7 Å². The Bertz CT molecular complexity index is 823. The van der Waals surface area contributed by atoms with Crippen LogP contribution < -0.4 is 0 Å². The van der Waals surface area contributed by atoms with E-state index in [4.69, 9.17) is 14.2 Å². The Balaban J connectivity index is 1.72. The zero-order chi connectivity index (χ0) is 18.1. The smallest absolute Gasteiger partial charge is 0.337 e. The highest BCUT2D eigenvalue weighted by Gasteiger charge is 2.31. The van der Waals surface area contributed by atoms with E-state index in [1.54, 1.807) is 12.1 Å². The molecule has 5 nitrogen and oxygen atoms in total. The van der Waals surface area contributed by atoms with Gasteiger partial charge < -0.3 is 19.3 Å². The van der Waals surface area contributed by atoms with Crippen molar-refractivity contribution in [3.63, 3.8) is 0 Å². The molecule has 2 aromatic rings. The summed E-state index contributed by atoms with van der Waals surface area (Å²) in [5.74, 6) is -0.401. The molecule has 0 amide bonds. The first-order valence-electron chi connectivity index (χ1n) is 8.94. The highest BCUT2D eigenvalue weighted by atomic mass is 16.7. The summed E-state index contributed by atoms with van der Waals surface area (Å²) in [6.45, 7) is 0.988. The first-order valence-corrected chi connectivity index (χ1v) is 8.94.